The Morgan fingerprint density at radius 3 is 1.82 bits per heavy atom. The van der Waals surface area contributed by atoms with Crippen molar-refractivity contribution in [1.82, 2.24) is 15.1 Å². The predicted octanol–water partition coefficient (Wildman–Crippen LogP) is 8.12. The maximum atomic E-state index is 14.0. The third-order valence-electron chi connectivity index (χ3n) is 10.1. The van der Waals surface area contributed by atoms with E-state index in [1.54, 1.807) is 0 Å². The molecule has 282 valence electrons. The van der Waals surface area contributed by atoms with E-state index < -0.39 is 40.0 Å². The smallest absolute Gasteiger partial charge is 0.457 e. The number of carbonyl (C=O) groups excluding carboxylic acids is 2. The lowest BCUT2D eigenvalue weighted by atomic mass is 9.80. The van der Waals surface area contributed by atoms with Gasteiger partial charge in [-0.15, -0.1) is 0 Å². The molecule has 0 bridgehead atoms. The zero-order chi connectivity index (χ0) is 37.5. The van der Waals surface area contributed by atoms with Gasteiger partial charge in [-0.2, -0.15) is 0 Å². The van der Waals surface area contributed by atoms with E-state index in [-0.39, 0.29) is 7.12 Å². The standard InChI is InChI=1S/C41H64BN3O6/c1-37(2,3)48-35(46)41(43-36(47)49-38(4,5)6,23-14-15-25-42-50-39(7,8)40(9,10)51-42)24-16-26-44-27-29-45(30-28-44)31-32-19-21-34(22-20-32)33-17-12-11-13-18-33/h11-13,17-22H,14-16,23-31H2,1-10H3,(H,43,47). The highest BCUT2D eigenvalue weighted by Crippen LogP contribution is 2.38. The van der Waals surface area contributed by atoms with Crippen LogP contribution >= 0.6 is 0 Å². The summed E-state index contributed by atoms with van der Waals surface area (Å²) in [6.07, 6.45) is 3.16. The molecule has 2 heterocycles. The Hall–Kier alpha value is -2.92. The van der Waals surface area contributed by atoms with E-state index in [1.807, 2.05) is 47.6 Å². The van der Waals surface area contributed by atoms with Crippen molar-refractivity contribution in [2.45, 2.75) is 142 Å². The fourth-order valence-electron chi connectivity index (χ4n) is 6.67. The first-order valence-electron chi connectivity index (χ1n) is 19.0. The van der Waals surface area contributed by atoms with Crippen LogP contribution in [0.1, 0.15) is 107 Å². The summed E-state index contributed by atoms with van der Waals surface area (Å²) in [5.41, 5.74) is 0.360. The third-order valence-corrected chi connectivity index (χ3v) is 10.1. The molecule has 1 atom stereocenters. The highest BCUT2D eigenvalue weighted by atomic mass is 16.7. The zero-order valence-electron chi connectivity index (χ0n) is 33.1. The fraction of sp³-hybridized carbons (Fsp3) is 0.659. The van der Waals surface area contributed by atoms with Crippen LogP contribution in [-0.4, -0.2) is 89.6 Å². The number of ether oxygens (including phenoxy) is 2. The average molecular weight is 706 g/mol. The van der Waals surface area contributed by atoms with E-state index in [1.165, 1.54) is 16.7 Å². The summed E-state index contributed by atoms with van der Waals surface area (Å²) in [5.74, 6) is -0.417. The average Bonchev–Trinajstić information content (AvgIpc) is 3.24. The number of benzene rings is 2. The van der Waals surface area contributed by atoms with Gasteiger partial charge in [-0.1, -0.05) is 67.4 Å². The van der Waals surface area contributed by atoms with Gasteiger partial charge in [0.25, 0.3) is 0 Å². The summed E-state index contributed by atoms with van der Waals surface area (Å²) >= 11 is 0. The van der Waals surface area contributed by atoms with Gasteiger partial charge in [0, 0.05) is 32.7 Å². The minimum absolute atomic E-state index is 0.308. The Bertz CT molecular complexity index is 1400. The van der Waals surface area contributed by atoms with Crippen LogP contribution in [0.15, 0.2) is 54.6 Å². The summed E-state index contributed by atoms with van der Waals surface area (Å²) in [5, 5.41) is 3.03. The van der Waals surface area contributed by atoms with Crippen LogP contribution in [0.3, 0.4) is 0 Å². The second kappa shape index (κ2) is 16.8. The molecule has 0 radical (unpaired) electrons. The molecule has 2 aromatic carbocycles. The van der Waals surface area contributed by atoms with Crippen molar-refractivity contribution in [3.8, 4) is 11.1 Å². The first-order chi connectivity index (χ1) is 23.8. The van der Waals surface area contributed by atoms with Crippen molar-refractivity contribution >= 4 is 19.2 Å². The van der Waals surface area contributed by atoms with Crippen molar-refractivity contribution in [2.24, 2.45) is 0 Å². The van der Waals surface area contributed by atoms with E-state index in [9.17, 15) is 9.59 Å². The van der Waals surface area contributed by atoms with E-state index in [2.05, 4.69) is 91.3 Å². The molecular weight excluding hydrogens is 641 g/mol. The molecule has 10 heteroatoms. The number of alkyl carbamates (subject to hydrolysis) is 1. The minimum atomic E-state index is -1.22. The molecule has 2 aromatic rings. The van der Waals surface area contributed by atoms with Gasteiger partial charge in [0.05, 0.1) is 11.2 Å². The molecule has 9 nitrogen and oxygen atoms in total. The molecule has 1 unspecified atom stereocenters. The Labute approximate surface area is 308 Å². The molecular formula is C41H64BN3O6. The molecule has 0 aliphatic carbocycles. The van der Waals surface area contributed by atoms with Crippen LogP contribution in [0.2, 0.25) is 6.32 Å². The molecule has 2 fully saturated rings. The molecule has 0 aromatic heterocycles. The Morgan fingerprint density at radius 2 is 1.25 bits per heavy atom. The maximum Gasteiger partial charge on any atom is 0.457 e. The Morgan fingerprint density at radius 1 is 0.725 bits per heavy atom. The second-order valence-corrected chi connectivity index (χ2v) is 17.4. The van der Waals surface area contributed by atoms with Crippen LogP contribution in [0.5, 0.6) is 0 Å². The van der Waals surface area contributed by atoms with Gasteiger partial charge in [0.2, 0.25) is 0 Å². The topological polar surface area (TPSA) is 89.6 Å². The molecule has 1 N–H and O–H groups in total. The van der Waals surface area contributed by atoms with E-state index in [0.717, 1.165) is 52.1 Å². The highest BCUT2D eigenvalue weighted by Gasteiger charge is 2.50. The third kappa shape index (κ3) is 12.3. The summed E-state index contributed by atoms with van der Waals surface area (Å²) in [7, 11) is -0.308. The number of hydrogen-bond donors (Lipinski definition) is 1. The van der Waals surface area contributed by atoms with Crippen LogP contribution in [0, 0.1) is 0 Å². The lowest BCUT2D eigenvalue weighted by molar-refractivity contribution is -0.164. The molecule has 0 spiro atoms. The number of amides is 1. The normalized spacial score (nSPS) is 19.4. The van der Waals surface area contributed by atoms with Gasteiger partial charge in [-0.05, 0) is 118 Å². The summed E-state index contributed by atoms with van der Waals surface area (Å²) < 4.78 is 24.1. The van der Waals surface area contributed by atoms with Crippen LogP contribution in [-0.2, 0) is 30.1 Å². The van der Waals surface area contributed by atoms with Crippen molar-refractivity contribution < 1.29 is 28.4 Å². The first kappa shape index (κ1) is 40.8. The van der Waals surface area contributed by atoms with Gasteiger partial charge in [0.15, 0.2) is 0 Å². The van der Waals surface area contributed by atoms with Crippen LogP contribution in [0.4, 0.5) is 4.79 Å². The second-order valence-electron chi connectivity index (χ2n) is 17.4. The van der Waals surface area contributed by atoms with Gasteiger partial charge < -0.3 is 29.0 Å². The lowest BCUT2D eigenvalue weighted by Crippen LogP contribution is -2.57. The number of unbranched alkanes of at least 4 members (excludes halogenated alkanes) is 1. The number of carbonyl (C=O) groups is 2. The van der Waals surface area contributed by atoms with E-state index in [0.29, 0.717) is 25.6 Å². The minimum Gasteiger partial charge on any atom is -0.458 e. The molecule has 2 aliphatic rings. The van der Waals surface area contributed by atoms with Crippen molar-refractivity contribution in [3.63, 3.8) is 0 Å². The monoisotopic (exact) mass is 705 g/mol. The van der Waals surface area contributed by atoms with Crippen LogP contribution in [0.25, 0.3) is 11.1 Å². The number of piperazine rings is 1. The van der Waals surface area contributed by atoms with Gasteiger partial charge in [0.1, 0.15) is 16.7 Å². The summed E-state index contributed by atoms with van der Waals surface area (Å²) in [6.45, 7) is 24.9. The number of nitrogens with zero attached hydrogens (tertiary/aromatic N) is 2. The van der Waals surface area contributed by atoms with Crippen molar-refractivity contribution in [3.05, 3.63) is 60.2 Å². The lowest BCUT2D eigenvalue weighted by Gasteiger charge is -2.38. The van der Waals surface area contributed by atoms with Crippen molar-refractivity contribution in [2.75, 3.05) is 32.7 Å². The van der Waals surface area contributed by atoms with Gasteiger partial charge >= 0.3 is 19.2 Å². The maximum absolute atomic E-state index is 14.0. The SMILES string of the molecule is CC(C)(C)OC(=O)NC(CCCCB1OC(C)(C)C(C)(C)O1)(CCCN1CCN(Cc2ccc(-c3ccccc3)cc2)CC1)C(=O)OC(C)(C)C. The van der Waals surface area contributed by atoms with Crippen molar-refractivity contribution in [1.29, 1.82) is 0 Å². The molecule has 4 rings (SSSR count). The largest absolute Gasteiger partial charge is 0.458 e. The quantitative estimate of drug-likeness (QED) is 0.120. The summed E-state index contributed by atoms with van der Waals surface area (Å²) in [6, 6.07) is 19.4. The number of esters is 1. The molecule has 1 amide bonds. The van der Waals surface area contributed by atoms with Gasteiger partial charge in [-0.3, -0.25) is 4.90 Å². The summed E-state index contributed by atoms with van der Waals surface area (Å²) in [4.78, 5) is 32.3. The van der Waals surface area contributed by atoms with Gasteiger partial charge in [-0.25, -0.2) is 9.59 Å². The number of nitrogens with one attached hydrogen (secondary N) is 1. The van der Waals surface area contributed by atoms with E-state index in [4.69, 9.17) is 18.8 Å². The molecule has 51 heavy (non-hydrogen) atoms. The predicted molar refractivity (Wildman–Crippen MR) is 206 cm³/mol. The zero-order valence-corrected chi connectivity index (χ0v) is 33.1. The fourth-order valence-corrected chi connectivity index (χ4v) is 6.67. The van der Waals surface area contributed by atoms with E-state index >= 15 is 0 Å². The molecule has 2 saturated heterocycles. The number of hydrogen-bond acceptors (Lipinski definition) is 8. The van der Waals surface area contributed by atoms with Crippen LogP contribution < -0.4 is 5.32 Å². The molecule has 2 aliphatic heterocycles. The molecule has 0 saturated carbocycles. The Kier molecular flexibility index (Phi) is 13.5. The number of rotatable bonds is 14. The Balaban J connectivity index is 1.36. The highest BCUT2D eigenvalue weighted by molar-refractivity contribution is 6.45. The first-order valence-corrected chi connectivity index (χ1v) is 19.0.